The van der Waals surface area contributed by atoms with Crippen LogP contribution in [-0.2, 0) is 10.4 Å². The zero-order valence-corrected chi connectivity index (χ0v) is 14.8. The number of pyridine rings is 1. The second kappa shape index (κ2) is 6.45. The highest BCUT2D eigenvalue weighted by atomic mass is 79.9. The van der Waals surface area contributed by atoms with E-state index in [1.165, 1.54) is 6.20 Å². The van der Waals surface area contributed by atoms with Crippen LogP contribution in [0.15, 0.2) is 47.1 Å². The molecule has 1 amide bonds. The maximum atomic E-state index is 12.8. The van der Waals surface area contributed by atoms with Crippen LogP contribution in [0.25, 0.3) is 0 Å². The molecule has 3 rings (SSSR count). The lowest BCUT2D eigenvalue weighted by atomic mass is 9.89. The van der Waals surface area contributed by atoms with Crippen molar-refractivity contribution in [1.82, 2.24) is 4.98 Å². The van der Waals surface area contributed by atoms with Crippen molar-refractivity contribution in [2.24, 2.45) is 0 Å². The number of fused-ring (bicyclic) bond motifs is 1. The molecule has 1 atom stereocenters. The summed E-state index contributed by atoms with van der Waals surface area (Å²) in [4.78, 5) is 30.9. The zero-order valence-electron chi connectivity index (χ0n) is 13.2. The maximum absolute atomic E-state index is 12.8. The van der Waals surface area contributed by atoms with Crippen molar-refractivity contribution in [3.8, 4) is 0 Å². The average molecular weight is 389 g/mol. The van der Waals surface area contributed by atoms with Gasteiger partial charge in [-0.1, -0.05) is 28.9 Å². The van der Waals surface area contributed by atoms with Gasteiger partial charge in [0.15, 0.2) is 11.4 Å². The molecule has 2 aromatic rings. The predicted octanol–water partition coefficient (Wildman–Crippen LogP) is 3.06. The lowest BCUT2D eigenvalue weighted by molar-refractivity contribution is -0.135. The third-order valence-corrected chi connectivity index (χ3v) is 4.60. The van der Waals surface area contributed by atoms with Gasteiger partial charge in [-0.15, -0.1) is 0 Å². The van der Waals surface area contributed by atoms with Crippen molar-refractivity contribution in [3.05, 3.63) is 58.3 Å². The largest absolute Gasteiger partial charge is 0.375 e. The molecule has 0 radical (unpaired) electrons. The first kappa shape index (κ1) is 16.8. The Morgan fingerprint density at radius 3 is 2.79 bits per heavy atom. The molecule has 0 saturated carbocycles. The van der Waals surface area contributed by atoms with Crippen molar-refractivity contribution >= 4 is 33.3 Å². The molecule has 124 valence electrons. The van der Waals surface area contributed by atoms with Crippen LogP contribution in [0.1, 0.15) is 35.8 Å². The van der Waals surface area contributed by atoms with Crippen molar-refractivity contribution in [2.45, 2.75) is 25.4 Å². The molecule has 1 aliphatic rings. The first-order valence-corrected chi connectivity index (χ1v) is 8.55. The Hall–Kier alpha value is -2.05. The van der Waals surface area contributed by atoms with E-state index in [1.807, 2.05) is 13.0 Å². The number of ketones is 1. The SMILES string of the molecule is CCCN1C(=O)[C@](O)(CC(=O)c2ccccn2)c2cc(Br)ccc21. The summed E-state index contributed by atoms with van der Waals surface area (Å²) < 4.78 is 0.746. The molecule has 0 fully saturated rings. The van der Waals surface area contributed by atoms with Crippen LogP contribution >= 0.6 is 15.9 Å². The first-order chi connectivity index (χ1) is 11.5. The molecule has 0 spiro atoms. The summed E-state index contributed by atoms with van der Waals surface area (Å²) >= 11 is 3.37. The van der Waals surface area contributed by atoms with Crippen LogP contribution in [0, 0.1) is 0 Å². The van der Waals surface area contributed by atoms with Crippen LogP contribution < -0.4 is 4.90 Å². The van der Waals surface area contributed by atoms with E-state index < -0.39 is 11.5 Å². The number of aliphatic hydroxyl groups is 1. The van der Waals surface area contributed by atoms with Gasteiger partial charge in [0, 0.05) is 22.8 Å². The number of Topliss-reactive ketones (excluding diaryl/α,β-unsaturated/α-hetero) is 1. The van der Waals surface area contributed by atoms with Gasteiger partial charge in [-0.2, -0.15) is 0 Å². The van der Waals surface area contributed by atoms with Crippen LogP contribution in [0.4, 0.5) is 5.69 Å². The topological polar surface area (TPSA) is 70.5 Å². The zero-order chi connectivity index (χ0) is 17.3. The molecule has 0 bridgehead atoms. The molecule has 6 heteroatoms. The van der Waals surface area contributed by atoms with Gasteiger partial charge in [-0.3, -0.25) is 14.6 Å². The van der Waals surface area contributed by atoms with E-state index >= 15 is 0 Å². The lowest BCUT2D eigenvalue weighted by Gasteiger charge is -2.22. The molecule has 1 aliphatic heterocycles. The number of halogens is 1. The normalized spacial score (nSPS) is 19.5. The highest BCUT2D eigenvalue weighted by Crippen LogP contribution is 2.44. The maximum Gasteiger partial charge on any atom is 0.264 e. The Labute approximate surface area is 148 Å². The summed E-state index contributed by atoms with van der Waals surface area (Å²) in [6.45, 7) is 2.45. The van der Waals surface area contributed by atoms with Gasteiger partial charge in [0.25, 0.3) is 5.91 Å². The third-order valence-electron chi connectivity index (χ3n) is 4.11. The number of aromatic nitrogens is 1. The molecule has 5 nitrogen and oxygen atoms in total. The minimum Gasteiger partial charge on any atom is -0.375 e. The summed E-state index contributed by atoms with van der Waals surface area (Å²) in [6.07, 6.45) is 1.94. The fourth-order valence-electron chi connectivity index (χ4n) is 2.99. The molecule has 0 unspecified atom stereocenters. The van der Waals surface area contributed by atoms with E-state index in [-0.39, 0.29) is 17.9 Å². The number of nitrogens with zero attached hydrogens (tertiary/aromatic N) is 2. The summed E-state index contributed by atoms with van der Waals surface area (Å²) in [5.41, 5.74) is -0.506. The van der Waals surface area contributed by atoms with E-state index in [0.29, 0.717) is 17.8 Å². The van der Waals surface area contributed by atoms with Gasteiger partial charge >= 0.3 is 0 Å². The second-order valence-corrected chi connectivity index (χ2v) is 6.71. The number of carbonyl (C=O) groups is 2. The molecule has 2 heterocycles. The number of rotatable bonds is 5. The van der Waals surface area contributed by atoms with Crippen molar-refractivity contribution in [1.29, 1.82) is 0 Å². The van der Waals surface area contributed by atoms with E-state index in [0.717, 1.165) is 10.9 Å². The van der Waals surface area contributed by atoms with Gasteiger partial charge in [-0.05, 0) is 36.8 Å². The number of hydrogen-bond donors (Lipinski definition) is 1. The fraction of sp³-hybridized carbons (Fsp3) is 0.278. The molecular weight excluding hydrogens is 372 g/mol. The molecule has 0 aliphatic carbocycles. The van der Waals surface area contributed by atoms with Gasteiger partial charge < -0.3 is 10.0 Å². The van der Waals surface area contributed by atoms with Crippen molar-refractivity contribution in [3.63, 3.8) is 0 Å². The van der Waals surface area contributed by atoms with Gasteiger partial charge in [0.1, 0.15) is 5.69 Å². The van der Waals surface area contributed by atoms with E-state index in [2.05, 4.69) is 20.9 Å². The van der Waals surface area contributed by atoms with Gasteiger partial charge in [0.2, 0.25) is 0 Å². The highest BCUT2D eigenvalue weighted by Gasteiger charge is 2.50. The predicted molar refractivity (Wildman–Crippen MR) is 93.9 cm³/mol. The minimum atomic E-state index is -1.86. The van der Waals surface area contributed by atoms with Crippen molar-refractivity contribution in [2.75, 3.05) is 11.4 Å². The molecule has 1 aromatic carbocycles. The molecule has 0 saturated heterocycles. The summed E-state index contributed by atoms with van der Waals surface area (Å²) in [7, 11) is 0. The summed E-state index contributed by atoms with van der Waals surface area (Å²) in [5, 5.41) is 11.1. The summed E-state index contributed by atoms with van der Waals surface area (Å²) in [5.74, 6) is -0.822. The Bertz CT molecular complexity index is 794. The third kappa shape index (κ3) is 2.76. The number of amides is 1. The highest BCUT2D eigenvalue weighted by molar-refractivity contribution is 9.10. The number of carbonyl (C=O) groups excluding carboxylic acids is 2. The van der Waals surface area contributed by atoms with E-state index in [1.54, 1.807) is 35.2 Å². The molecule has 24 heavy (non-hydrogen) atoms. The van der Waals surface area contributed by atoms with Crippen LogP contribution in [0.2, 0.25) is 0 Å². The van der Waals surface area contributed by atoms with E-state index in [4.69, 9.17) is 0 Å². The number of hydrogen-bond acceptors (Lipinski definition) is 4. The van der Waals surface area contributed by atoms with Crippen LogP contribution in [0.5, 0.6) is 0 Å². The smallest absolute Gasteiger partial charge is 0.264 e. The molecular formula is C18H17BrN2O3. The average Bonchev–Trinajstić information content (AvgIpc) is 2.78. The Morgan fingerprint density at radius 2 is 2.12 bits per heavy atom. The fourth-order valence-corrected chi connectivity index (χ4v) is 3.35. The minimum absolute atomic E-state index is 0.240. The first-order valence-electron chi connectivity index (χ1n) is 7.76. The van der Waals surface area contributed by atoms with Crippen molar-refractivity contribution < 1.29 is 14.7 Å². The Balaban J connectivity index is 2.01. The molecule has 1 N–H and O–H groups in total. The lowest BCUT2D eigenvalue weighted by Crippen LogP contribution is -2.42. The monoisotopic (exact) mass is 388 g/mol. The second-order valence-electron chi connectivity index (χ2n) is 5.79. The van der Waals surface area contributed by atoms with Gasteiger partial charge in [0.05, 0.1) is 12.1 Å². The van der Waals surface area contributed by atoms with Crippen LogP contribution in [-0.4, -0.2) is 28.3 Å². The number of anilines is 1. The van der Waals surface area contributed by atoms with Gasteiger partial charge in [-0.25, -0.2) is 0 Å². The Kier molecular flexibility index (Phi) is 4.51. The van der Waals surface area contributed by atoms with E-state index in [9.17, 15) is 14.7 Å². The Morgan fingerprint density at radius 1 is 1.33 bits per heavy atom. The quantitative estimate of drug-likeness (QED) is 0.798. The standard InChI is InChI=1S/C18H17BrN2O3/c1-2-9-21-15-7-6-12(19)10-13(15)18(24,17(21)23)11-16(22)14-5-3-4-8-20-14/h3-8,10,24H,2,9,11H2,1H3/t18-/m0/s1. The van der Waals surface area contributed by atoms with Crippen LogP contribution in [0.3, 0.4) is 0 Å². The number of benzene rings is 1. The molecule has 1 aromatic heterocycles. The summed E-state index contributed by atoms with van der Waals surface area (Å²) in [6, 6.07) is 10.3.